The highest BCUT2D eigenvalue weighted by molar-refractivity contribution is 5.27. The maximum Gasteiger partial charge on any atom is 0.119 e. The van der Waals surface area contributed by atoms with Crippen LogP contribution in [0.3, 0.4) is 0 Å². The predicted molar refractivity (Wildman–Crippen MR) is 74.2 cm³/mol. The van der Waals surface area contributed by atoms with Crippen LogP contribution in [0.5, 0.6) is 5.75 Å². The van der Waals surface area contributed by atoms with Crippen molar-refractivity contribution in [2.45, 2.75) is 32.4 Å². The summed E-state index contributed by atoms with van der Waals surface area (Å²) in [4.78, 5) is 3.98. The molecule has 1 heterocycles. The van der Waals surface area contributed by atoms with Gasteiger partial charge in [0.1, 0.15) is 12.4 Å². The molecule has 19 heavy (non-hydrogen) atoms. The highest BCUT2D eigenvalue weighted by atomic mass is 16.5. The number of aliphatic hydroxyl groups excluding tert-OH is 1. The van der Waals surface area contributed by atoms with Crippen molar-refractivity contribution in [2.75, 3.05) is 6.61 Å². The molecule has 0 radical (unpaired) electrons. The third kappa shape index (κ3) is 4.75. The van der Waals surface area contributed by atoms with E-state index in [0.29, 0.717) is 6.61 Å². The normalized spacial score (nSPS) is 12.3. The molecule has 0 bridgehead atoms. The summed E-state index contributed by atoms with van der Waals surface area (Å²) in [5.41, 5.74) is 1.22. The second kappa shape index (κ2) is 6.95. The number of nitrogens with zero attached hydrogens (tertiary/aromatic N) is 2. The molecule has 1 unspecified atom stereocenters. The molecule has 1 aromatic carbocycles. The van der Waals surface area contributed by atoms with Crippen LogP contribution in [0.25, 0.3) is 0 Å². The van der Waals surface area contributed by atoms with E-state index in [0.717, 1.165) is 25.1 Å². The molecule has 0 aliphatic rings. The molecule has 0 amide bonds. The average molecular weight is 260 g/mol. The Bertz CT molecular complexity index is 463. The molecule has 2 aromatic rings. The Morgan fingerprint density at radius 1 is 1.32 bits per heavy atom. The van der Waals surface area contributed by atoms with Crippen LogP contribution >= 0.6 is 0 Å². The first-order valence-electron chi connectivity index (χ1n) is 6.59. The Kier molecular flexibility index (Phi) is 4.98. The Labute approximate surface area is 113 Å². The third-order valence-corrected chi connectivity index (χ3v) is 2.95. The fourth-order valence-corrected chi connectivity index (χ4v) is 1.82. The second-order valence-electron chi connectivity index (χ2n) is 4.68. The molecular weight excluding hydrogens is 240 g/mol. The molecule has 0 aliphatic carbocycles. The van der Waals surface area contributed by atoms with E-state index in [1.807, 2.05) is 29.8 Å². The molecular formula is C15H20N2O2. The molecule has 1 N–H and O–H groups in total. The topological polar surface area (TPSA) is 47.3 Å². The molecule has 0 saturated heterocycles. The standard InChI is InChI=1S/C15H20N2O2/c1-13(18)2-3-14-4-6-15(7-5-14)19-11-10-17-9-8-16-12-17/h4-9,12-13,18H,2-3,10-11H2,1H3. The Hall–Kier alpha value is -1.81. The van der Waals surface area contributed by atoms with E-state index in [4.69, 9.17) is 4.74 Å². The van der Waals surface area contributed by atoms with Crippen molar-refractivity contribution in [3.63, 3.8) is 0 Å². The number of aromatic nitrogens is 2. The number of aryl methyl sites for hydroxylation is 1. The fraction of sp³-hybridized carbons (Fsp3) is 0.400. The summed E-state index contributed by atoms with van der Waals surface area (Å²) in [6.07, 6.45) is 6.90. The summed E-state index contributed by atoms with van der Waals surface area (Å²) < 4.78 is 7.65. The molecule has 102 valence electrons. The van der Waals surface area contributed by atoms with Crippen molar-refractivity contribution in [1.29, 1.82) is 0 Å². The van der Waals surface area contributed by atoms with Crippen LogP contribution in [-0.2, 0) is 13.0 Å². The number of hydrogen-bond donors (Lipinski definition) is 1. The second-order valence-corrected chi connectivity index (χ2v) is 4.68. The molecule has 0 aliphatic heterocycles. The highest BCUT2D eigenvalue weighted by Gasteiger charge is 1.99. The van der Waals surface area contributed by atoms with Gasteiger partial charge in [-0.15, -0.1) is 0 Å². The van der Waals surface area contributed by atoms with Crippen LogP contribution in [-0.4, -0.2) is 27.4 Å². The molecule has 2 rings (SSSR count). The van der Waals surface area contributed by atoms with Gasteiger partial charge in [0.25, 0.3) is 0 Å². The first-order chi connectivity index (χ1) is 9.24. The molecule has 1 atom stereocenters. The summed E-state index contributed by atoms with van der Waals surface area (Å²) in [6.45, 7) is 3.24. The number of benzene rings is 1. The van der Waals surface area contributed by atoms with Gasteiger partial charge in [0, 0.05) is 12.4 Å². The van der Waals surface area contributed by atoms with Crippen LogP contribution in [0.1, 0.15) is 18.9 Å². The van der Waals surface area contributed by atoms with E-state index in [9.17, 15) is 5.11 Å². The maximum absolute atomic E-state index is 9.24. The van der Waals surface area contributed by atoms with E-state index >= 15 is 0 Å². The van der Waals surface area contributed by atoms with Crippen molar-refractivity contribution >= 4 is 0 Å². The fourth-order valence-electron chi connectivity index (χ4n) is 1.82. The molecule has 0 spiro atoms. The molecule has 4 nitrogen and oxygen atoms in total. The molecule has 1 aromatic heterocycles. The van der Waals surface area contributed by atoms with Crippen LogP contribution < -0.4 is 4.74 Å². The van der Waals surface area contributed by atoms with Crippen LogP contribution in [0.4, 0.5) is 0 Å². The first kappa shape index (κ1) is 13.6. The van der Waals surface area contributed by atoms with Gasteiger partial charge >= 0.3 is 0 Å². The van der Waals surface area contributed by atoms with Gasteiger partial charge in [-0.1, -0.05) is 12.1 Å². The predicted octanol–water partition coefficient (Wildman–Crippen LogP) is 2.28. The summed E-state index contributed by atoms with van der Waals surface area (Å²) in [5.74, 6) is 0.876. The number of ether oxygens (including phenoxy) is 1. The largest absolute Gasteiger partial charge is 0.492 e. The summed E-state index contributed by atoms with van der Waals surface area (Å²) in [6, 6.07) is 8.06. The average Bonchev–Trinajstić information content (AvgIpc) is 2.91. The minimum Gasteiger partial charge on any atom is -0.492 e. The lowest BCUT2D eigenvalue weighted by atomic mass is 10.1. The lowest BCUT2D eigenvalue weighted by Crippen LogP contribution is -2.06. The monoisotopic (exact) mass is 260 g/mol. The molecule has 0 saturated carbocycles. The van der Waals surface area contributed by atoms with Gasteiger partial charge in [0.15, 0.2) is 0 Å². The lowest BCUT2D eigenvalue weighted by Gasteiger charge is -2.08. The van der Waals surface area contributed by atoms with Crippen molar-refractivity contribution in [3.05, 3.63) is 48.5 Å². The van der Waals surface area contributed by atoms with Gasteiger partial charge in [-0.3, -0.25) is 0 Å². The summed E-state index contributed by atoms with van der Waals surface area (Å²) in [5, 5.41) is 9.24. The minimum absolute atomic E-state index is 0.244. The third-order valence-electron chi connectivity index (χ3n) is 2.95. The Balaban J connectivity index is 1.75. The SMILES string of the molecule is CC(O)CCc1ccc(OCCn2ccnc2)cc1. The highest BCUT2D eigenvalue weighted by Crippen LogP contribution is 2.14. The van der Waals surface area contributed by atoms with Crippen LogP contribution in [0.2, 0.25) is 0 Å². The smallest absolute Gasteiger partial charge is 0.119 e. The van der Waals surface area contributed by atoms with E-state index < -0.39 is 0 Å². The van der Waals surface area contributed by atoms with Gasteiger partial charge in [-0.05, 0) is 37.5 Å². The maximum atomic E-state index is 9.24. The Morgan fingerprint density at radius 3 is 2.74 bits per heavy atom. The van der Waals surface area contributed by atoms with Gasteiger partial charge in [0.05, 0.1) is 19.0 Å². The van der Waals surface area contributed by atoms with Gasteiger partial charge in [-0.2, -0.15) is 0 Å². The summed E-state index contributed by atoms with van der Waals surface area (Å²) in [7, 11) is 0. The van der Waals surface area contributed by atoms with Crippen LogP contribution in [0, 0.1) is 0 Å². The van der Waals surface area contributed by atoms with Crippen molar-refractivity contribution in [3.8, 4) is 5.75 Å². The van der Waals surface area contributed by atoms with Crippen LogP contribution in [0.15, 0.2) is 43.0 Å². The number of rotatable bonds is 7. The van der Waals surface area contributed by atoms with E-state index in [2.05, 4.69) is 17.1 Å². The zero-order valence-electron chi connectivity index (χ0n) is 11.2. The zero-order chi connectivity index (χ0) is 13.5. The Morgan fingerprint density at radius 2 is 2.11 bits per heavy atom. The first-order valence-corrected chi connectivity index (χ1v) is 6.59. The van der Waals surface area contributed by atoms with E-state index in [1.54, 1.807) is 12.5 Å². The molecule has 0 fully saturated rings. The van der Waals surface area contributed by atoms with Crippen molar-refractivity contribution in [2.24, 2.45) is 0 Å². The van der Waals surface area contributed by atoms with E-state index in [1.165, 1.54) is 5.56 Å². The quantitative estimate of drug-likeness (QED) is 0.830. The minimum atomic E-state index is -0.244. The van der Waals surface area contributed by atoms with E-state index in [-0.39, 0.29) is 6.10 Å². The van der Waals surface area contributed by atoms with Gasteiger partial charge < -0.3 is 14.4 Å². The molecule has 4 heteroatoms. The number of aliphatic hydroxyl groups is 1. The van der Waals surface area contributed by atoms with Crippen molar-refractivity contribution in [1.82, 2.24) is 9.55 Å². The van der Waals surface area contributed by atoms with Gasteiger partial charge in [0.2, 0.25) is 0 Å². The number of imidazole rings is 1. The van der Waals surface area contributed by atoms with Crippen molar-refractivity contribution < 1.29 is 9.84 Å². The van der Waals surface area contributed by atoms with Gasteiger partial charge in [-0.25, -0.2) is 4.98 Å². The lowest BCUT2D eigenvalue weighted by molar-refractivity contribution is 0.185. The zero-order valence-corrected chi connectivity index (χ0v) is 11.2. The summed E-state index contributed by atoms with van der Waals surface area (Å²) >= 11 is 0. The number of hydrogen-bond acceptors (Lipinski definition) is 3.